The molecule has 122 valence electrons. The standard InChI is InChI=1S/C20H22ClFO/c1-19(2)8-9-20(3,4)14-11-16(22)12(10-13(14)19)18-15(21)6-5-7-17(18)23/h5-7,10-11,23H,8-9H2,1-4H3. The Hall–Kier alpha value is -1.54. The van der Waals surface area contributed by atoms with Crippen LogP contribution in [0.15, 0.2) is 30.3 Å². The highest BCUT2D eigenvalue weighted by Gasteiger charge is 2.38. The Labute approximate surface area is 142 Å². The van der Waals surface area contributed by atoms with E-state index in [1.54, 1.807) is 18.2 Å². The van der Waals surface area contributed by atoms with E-state index in [0.29, 0.717) is 16.1 Å². The molecule has 3 rings (SSSR count). The van der Waals surface area contributed by atoms with E-state index in [9.17, 15) is 9.50 Å². The van der Waals surface area contributed by atoms with Gasteiger partial charge in [-0.3, -0.25) is 0 Å². The van der Waals surface area contributed by atoms with Gasteiger partial charge in [-0.1, -0.05) is 45.4 Å². The molecular formula is C20H22ClFO. The molecule has 1 aliphatic rings. The summed E-state index contributed by atoms with van der Waals surface area (Å²) < 4.78 is 14.8. The fourth-order valence-electron chi connectivity index (χ4n) is 3.56. The Morgan fingerprint density at radius 3 is 2.13 bits per heavy atom. The van der Waals surface area contributed by atoms with Gasteiger partial charge in [0.15, 0.2) is 0 Å². The van der Waals surface area contributed by atoms with Gasteiger partial charge in [0, 0.05) is 11.1 Å². The Morgan fingerprint density at radius 1 is 1.00 bits per heavy atom. The first kappa shape index (κ1) is 16.3. The fourth-order valence-corrected chi connectivity index (χ4v) is 3.83. The van der Waals surface area contributed by atoms with E-state index < -0.39 is 0 Å². The van der Waals surface area contributed by atoms with Crippen LogP contribution in [-0.4, -0.2) is 5.11 Å². The van der Waals surface area contributed by atoms with Crippen molar-refractivity contribution in [2.24, 2.45) is 0 Å². The Bertz CT molecular complexity index is 757. The third kappa shape index (κ3) is 2.63. The van der Waals surface area contributed by atoms with E-state index in [0.717, 1.165) is 24.0 Å². The van der Waals surface area contributed by atoms with Crippen LogP contribution in [-0.2, 0) is 10.8 Å². The third-order valence-corrected chi connectivity index (χ3v) is 5.52. The Morgan fingerprint density at radius 2 is 1.57 bits per heavy atom. The SMILES string of the molecule is CC1(C)CCC(C)(C)c2cc(-c3c(O)cccc3Cl)c(F)cc21. The third-order valence-electron chi connectivity index (χ3n) is 5.20. The summed E-state index contributed by atoms with van der Waals surface area (Å²) in [7, 11) is 0. The summed E-state index contributed by atoms with van der Waals surface area (Å²) in [5.74, 6) is -0.331. The van der Waals surface area contributed by atoms with E-state index in [-0.39, 0.29) is 22.4 Å². The molecule has 0 heterocycles. The van der Waals surface area contributed by atoms with Crippen LogP contribution in [0.5, 0.6) is 5.75 Å². The molecule has 0 unspecified atom stereocenters. The van der Waals surface area contributed by atoms with Gasteiger partial charge in [0.05, 0.1) is 5.02 Å². The quantitative estimate of drug-likeness (QED) is 0.659. The smallest absolute Gasteiger partial charge is 0.131 e. The number of phenols is 1. The molecule has 2 aromatic carbocycles. The van der Waals surface area contributed by atoms with Crippen LogP contribution in [0.4, 0.5) is 4.39 Å². The second kappa shape index (κ2) is 5.24. The largest absolute Gasteiger partial charge is 0.507 e. The highest BCUT2D eigenvalue weighted by molar-refractivity contribution is 6.33. The number of hydrogen-bond acceptors (Lipinski definition) is 1. The van der Waals surface area contributed by atoms with Gasteiger partial charge in [-0.25, -0.2) is 4.39 Å². The lowest BCUT2D eigenvalue weighted by Gasteiger charge is -2.42. The molecule has 0 radical (unpaired) electrons. The molecule has 0 spiro atoms. The average Bonchev–Trinajstić information content (AvgIpc) is 2.45. The van der Waals surface area contributed by atoms with Crippen molar-refractivity contribution in [2.75, 3.05) is 0 Å². The molecule has 0 atom stereocenters. The zero-order valence-electron chi connectivity index (χ0n) is 14.0. The molecule has 2 aromatic rings. The van der Waals surface area contributed by atoms with Gasteiger partial charge in [0.2, 0.25) is 0 Å². The maximum Gasteiger partial charge on any atom is 0.131 e. The normalized spacial score (nSPS) is 18.5. The van der Waals surface area contributed by atoms with Gasteiger partial charge in [-0.05, 0) is 59.1 Å². The molecule has 0 amide bonds. The van der Waals surface area contributed by atoms with Crippen molar-refractivity contribution >= 4 is 11.6 Å². The molecule has 0 aliphatic heterocycles. The predicted octanol–water partition coefficient (Wildman–Crippen LogP) is 6.20. The van der Waals surface area contributed by atoms with Gasteiger partial charge in [0.25, 0.3) is 0 Å². The molecule has 0 saturated carbocycles. The molecule has 0 fully saturated rings. The van der Waals surface area contributed by atoms with E-state index in [2.05, 4.69) is 27.7 Å². The molecule has 1 N–H and O–H groups in total. The predicted molar refractivity (Wildman–Crippen MR) is 93.8 cm³/mol. The lowest BCUT2D eigenvalue weighted by atomic mass is 9.63. The number of aromatic hydroxyl groups is 1. The van der Waals surface area contributed by atoms with Crippen molar-refractivity contribution < 1.29 is 9.50 Å². The second-order valence-corrected chi connectivity index (χ2v) is 8.19. The van der Waals surface area contributed by atoms with Gasteiger partial charge in [-0.2, -0.15) is 0 Å². The van der Waals surface area contributed by atoms with Crippen LogP contribution in [0, 0.1) is 5.82 Å². The number of halogens is 2. The highest BCUT2D eigenvalue weighted by Crippen LogP contribution is 2.48. The van der Waals surface area contributed by atoms with Gasteiger partial charge < -0.3 is 5.11 Å². The van der Waals surface area contributed by atoms with E-state index >= 15 is 0 Å². The molecule has 0 aromatic heterocycles. The van der Waals surface area contributed by atoms with Crippen molar-refractivity contribution in [3.63, 3.8) is 0 Å². The number of benzene rings is 2. The minimum atomic E-state index is -0.335. The number of hydrogen-bond donors (Lipinski definition) is 1. The lowest BCUT2D eigenvalue weighted by Crippen LogP contribution is -2.34. The summed E-state index contributed by atoms with van der Waals surface area (Å²) in [6.45, 7) is 8.70. The molecule has 23 heavy (non-hydrogen) atoms. The van der Waals surface area contributed by atoms with Crippen LogP contribution >= 0.6 is 11.6 Å². The van der Waals surface area contributed by atoms with Gasteiger partial charge in [0.1, 0.15) is 11.6 Å². The molecule has 1 aliphatic carbocycles. The summed E-state index contributed by atoms with van der Waals surface area (Å²) in [6, 6.07) is 8.38. The van der Waals surface area contributed by atoms with Crippen LogP contribution in [0.25, 0.3) is 11.1 Å². The first-order valence-corrected chi connectivity index (χ1v) is 8.34. The summed E-state index contributed by atoms with van der Waals surface area (Å²) in [6.07, 6.45) is 2.08. The number of phenolic OH excluding ortho intramolecular Hbond substituents is 1. The monoisotopic (exact) mass is 332 g/mol. The van der Waals surface area contributed by atoms with Crippen molar-refractivity contribution in [3.8, 4) is 16.9 Å². The summed E-state index contributed by atoms with van der Waals surface area (Å²) >= 11 is 6.22. The highest BCUT2D eigenvalue weighted by atomic mass is 35.5. The van der Waals surface area contributed by atoms with Gasteiger partial charge in [-0.15, -0.1) is 0 Å². The van der Waals surface area contributed by atoms with Crippen molar-refractivity contribution in [2.45, 2.75) is 51.4 Å². The second-order valence-electron chi connectivity index (χ2n) is 7.78. The van der Waals surface area contributed by atoms with Crippen molar-refractivity contribution in [3.05, 3.63) is 52.3 Å². The van der Waals surface area contributed by atoms with Gasteiger partial charge >= 0.3 is 0 Å². The summed E-state index contributed by atoms with van der Waals surface area (Å²) in [5, 5.41) is 10.5. The first-order chi connectivity index (χ1) is 10.6. The Balaban J connectivity index is 2.31. The van der Waals surface area contributed by atoms with Crippen LogP contribution in [0.3, 0.4) is 0 Å². The topological polar surface area (TPSA) is 20.2 Å². The Kier molecular flexibility index (Phi) is 3.72. The van der Waals surface area contributed by atoms with E-state index in [4.69, 9.17) is 11.6 Å². The molecule has 0 saturated heterocycles. The van der Waals surface area contributed by atoms with Crippen molar-refractivity contribution in [1.82, 2.24) is 0 Å². The van der Waals surface area contributed by atoms with E-state index in [1.807, 2.05) is 6.07 Å². The molecule has 1 nitrogen and oxygen atoms in total. The lowest BCUT2D eigenvalue weighted by molar-refractivity contribution is 0.330. The number of fused-ring (bicyclic) bond motifs is 1. The first-order valence-electron chi connectivity index (χ1n) is 7.96. The zero-order valence-corrected chi connectivity index (χ0v) is 14.8. The minimum Gasteiger partial charge on any atom is -0.507 e. The summed E-state index contributed by atoms with van der Waals surface area (Å²) in [4.78, 5) is 0. The maximum atomic E-state index is 14.8. The minimum absolute atomic E-state index is 0.00391. The molecule has 0 bridgehead atoms. The van der Waals surface area contributed by atoms with E-state index in [1.165, 1.54) is 6.07 Å². The zero-order chi connectivity index (χ0) is 17.0. The average molecular weight is 333 g/mol. The molecule has 3 heteroatoms. The summed E-state index contributed by atoms with van der Waals surface area (Å²) in [5.41, 5.74) is 2.87. The molecular weight excluding hydrogens is 311 g/mol. The van der Waals surface area contributed by atoms with Crippen molar-refractivity contribution in [1.29, 1.82) is 0 Å². The van der Waals surface area contributed by atoms with Crippen LogP contribution in [0.2, 0.25) is 5.02 Å². The van der Waals surface area contributed by atoms with Crippen LogP contribution < -0.4 is 0 Å². The van der Waals surface area contributed by atoms with Crippen LogP contribution in [0.1, 0.15) is 51.7 Å². The number of rotatable bonds is 1. The fraction of sp³-hybridized carbons (Fsp3) is 0.400. The maximum absolute atomic E-state index is 14.8.